The van der Waals surface area contributed by atoms with Crippen molar-refractivity contribution in [3.05, 3.63) is 58.1 Å². The van der Waals surface area contributed by atoms with Gasteiger partial charge >= 0.3 is 5.97 Å². The summed E-state index contributed by atoms with van der Waals surface area (Å²) in [5.41, 5.74) is 1.95. The zero-order valence-electron chi connectivity index (χ0n) is 11.4. The number of halogens is 1. The molecule has 0 fully saturated rings. The third-order valence-electron chi connectivity index (χ3n) is 2.73. The lowest BCUT2D eigenvalue weighted by Gasteiger charge is -2.12. The van der Waals surface area contributed by atoms with Crippen molar-refractivity contribution < 1.29 is 14.3 Å². The van der Waals surface area contributed by atoms with Crippen LogP contribution in [0.15, 0.2) is 46.9 Å². The second kappa shape index (κ2) is 6.57. The smallest absolute Gasteiger partial charge is 0.349 e. The normalized spacial score (nSPS) is 10.2. The Labute approximate surface area is 126 Å². The summed E-state index contributed by atoms with van der Waals surface area (Å²) in [6.45, 7) is 3.77. The first-order chi connectivity index (χ1) is 9.56. The second-order valence-electron chi connectivity index (χ2n) is 4.44. The van der Waals surface area contributed by atoms with Crippen molar-refractivity contribution in [3.63, 3.8) is 0 Å². The molecule has 0 aliphatic rings. The lowest BCUT2D eigenvalue weighted by Crippen LogP contribution is -2.18. The molecule has 0 aromatic heterocycles. The zero-order chi connectivity index (χ0) is 14.5. The Morgan fingerprint density at radius 1 is 1.10 bits per heavy atom. The Morgan fingerprint density at radius 3 is 2.30 bits per heavy atom. The van der Waals surface area contributed by atoms with Crippen molar-refractivity contribution in [2.45, 2.75) is 13.8 Å². The summed E-state index contributed by atoms with van der Waals surface area (Å²) in [7, 11) is 0. The highest BCUT2D eigenvalue weighted by Gasteiger charge is 2.10. The molecule has 0 atom stereocenters. The fraction of sp³-hybridized carbons (Fsp3) is 0.188. The molecular weight excluding hydrogens is 320 g/mol. The Morgan fingerprint density at radius 2 is 1.70 bits per heavy atom. The van der Waals surface area contributed by atoms with Gasteiger partial charge in [-0.15, -0.1) is 0 Å². The highest BCUT2D eigenvalue weighted by molar-refractivity contribution is 9.10. The van der Waals surface area contributed by atoms with Gasteiger partial charge in [-0.2, -0.15) is 0 Å². The van der Waals surface area contributed by atoms with E-state index in [-0.39, 0.29) is 6.61 Å². The summed E-state index contributed by atoms with van der Waals surface area (Å²) in [5.74, 6) is 0.821. The van der Waals surface area contributed by atoms with E-state index in [2.05, 4.69) is 15.9 Å². The van der Waals surface area contributed by atoms with Gasteiger partial charge in [0.15, 0.2) is 6.61 Å². The highest BCUT2D eigenvalue weighted by Crippen LogP contribution is 2.27. The molecule has 0 unspecified atom stereocenters. The SMILES string of the molecule is Cc1cc(Br)cc(C)c1OCC(=O)Oc1ccccc1. The summed E-state index contributed by atoms with van der Waals surface area (Å²) in [6, 6.07) is 12.8. The fourth-order valence-corrected chi connectivity index (χ4v) is 2.59. The first kappa shape index (κ1) is 14.6. The Balaban J connectivity index is 1.97. The van der Waals surface area contributed by atoms with Crippen molar-refractivity contribution in [1.29, 1.82) is 0 Å². The number of rotatable bonds is 4. The third-order valence-corrected chi connectivity index (χ3v) is 3.19. The number of para-hydroxylation sites is 1. The van der Waals surface area contributed by atoms with Crippen LogP contribution < -0.4 is 9.47 Å². The van der Waals surface area contributed by atoms with Crippen LogP contribution in [0.3, 0.4) is 0 Å². The molecule has 2 aromatic rings. The predicted octanol–water partition coefficient (Wildman–Crippen LogP) is 4.05. The van der Waals surface area contributed by atoms with Gasteiger partial charge in [0.2, 0.25) is 0 Å². The van der Waals surface area contributed by atoms with Crippen LogP contribution in [-0.4, -0.2) is 12.6 Å². The van der Waals surface area contributed by atoms with Crippen LogP contribution in [0.2, 0.25) is 0 Å². The average Bonchev–Trinajstić information content (AvgIpc) is 2.38. The van der Waals surface area contributed by atoms with E-state index in [0.29, 0.717) is 5.75 Å². The summed E-state index contributed by atoms with van der Waals surface area (Å²) in [5, 5.41) is 0. The van der Waals surface area contributed by atoms with Gasteiger partial charge in [-0.05, 0) is 49.2 Å². The number of ether oxygens (including phenoxy) is 2. The lowest BCUT2D eigenvalue weighted by molar-refractivity contribution is -0.136. The third kappa shape index (κ3) is 3.84. The number of esters is 1. The number of benzene rings is 2. The molecule has 0 amide bonds. The molecule has 0 bridgehead atoms. The zero-order valence-corrected chi connectivity index (χ0v) is 12.9. The Hall–Kier alpha value is -1.81. The van der Waals surface area contributed by atoms with E-state index in [1.165, 1.54) is 0 Å². The fourth-order valence-electron chi connectivity index (χ4n) is 1.91. The van der Waals surface area contributed by atoms with Gasteiger partial charge in [-0.3, -0.25) is 0 Å². The van der Waals surface area contributed by atoms with E-state index in [0.717, 1.165) is 21.3 Å². The van der Waals surface area contributed by atoms with Gasteiger partial charge in [0, 0.05) is 4.47 Å². The van der Waals surface area contributed by atoms with Gasteiger partial charge in [0.25, 0.3) is 0 Å². The Kier molecular flexibility index (Phi) is 4.79. The number of hydrogen-bond acceptors (Lipinski definition) is 3. The summed E-state index contributed by atoms with van der Waals surface area (Å²) in [6.07, 6.45) is 0. The van der Waals surface area contributed by atoms with Crippen LogP contribution in [-0.2, 0) is 4.79 Å². The van der Waals surface area contributed by atoms with Crippen LogP contribution in [0.25, 0.3) is 0 Å². The monoisotopic (exact) mass is 334 g/mol. The molecule has 0 radical (unpaired) electrons. The van der Waals surface area contributed by atoms with Gasteiger partial charge in [0.05, 0.1) is 0 Å². The van der Waals surface area contributed by atoms with Crippen LogP contribution in [0.4, 0.5) is 0 Å². The maximum absolute atomic E-state index is 11.7. The van der Waals surface area contributed by atoms with Crippen LogP contribution in [0.1, 0.15) is 11.1 Å². The van der Waals surface area contributed by atoms with Crippen LogP contribution in [0, 0.1) is 13.8 Å². The molecule has 2 aromatic carbocycles. The number of carbonyl (C=O) groups excluding carboxylic acids is 1. The number of carbonyl (C=O) groups is 1. The molecular formula is C16H15BrO3. The minimum atomic E-state index is -0.419. The molecule has 0 aliphatic carbocycles. The van der Waals surface area contributed by atoms with Gasteiger partial charge < -0.3 is 9.47 Å². The molecule has 0 N–H and O–H groups in total. The second-order valence-corrected chi connectivity index (χ2v) is 5.36. The van der Waals surface area contributed by atoms with Crippen LogP contribution >= 0.6 is 15.9 Å². The summed E-state index contributed by atoms with van der Waals surface area (Å²) >= 11 is 3.42. The molecule has 2 rings (SSSR count). The van der Waals surface area contributed by atoms with Gasteiger partial charge in [-0.1, -0.05) is 34.1 Å². The quantitative estimate of drug-likeness (QED) is 0.625. The molecule has 0 saturated carbocycles. The van der Waals surface area contributed by atoms with Crippen molar-refractivity contribution >= 4 is 21.9 Å². The van der Waals surface area contributed by atoms with E-state index >= 15 is 0 Å². The molecule has 0 spiro atoms. The van der Waals surface area contributed by atoms with E-state index in [4.69, 9.17) is 9.47 Å². The average molecular weight is 335 g/mol. The molecule has 4 heteroatoms. The van der Waals surface area contributed by atoms with E-state index in [9.17, 15) is 4.79 Å². The van der Waals surface area contributed by atoms with Crippen molar-refractivity contribution in [3.8, 4) is 11.5 Å². The van der Waals surface area contributed by atoms with Gasteiger partial charge in [0.1, 0.15) is 11.5 Å². The number of hydrogen-bond donors (Lipinski definition) is 0. The molecule has 104 valence electrons. The summed E-state index contributed by atoms with van der Waals surface area (Å²) in [4.78, 5) is 11.7. The first-order valence-electron chi connectivity index (χ1n) is 6.21. The topological polar surface area (TPSA) is 35.5 Å². The van der Waals surface area contributed by atoms with Crippen molar-refractivity contribution in [2.75, 3.05) is 6.61 Å². The molecule has 0 heterocycles. The maximum Gasteiger partial charge on any atom is 0.349 e. The Bertz CT molecular complexity index is 585. The van der Waals surface area contributed by atoms with E-state index < -0.39 is 5.97 Å². The highest BCUT2D eigenvalue weighted by atomic mass is 79.9. The largest absolute Gasteiger partial charge is 0.481 e. The molecule has 0 saturated heterocycles. The standard InChI is InChI=1S/C16H15BrO3/c1-11-8-13(17)9-12(2)16(11)19-10-15(18)20-14-6-4-3-5-7-14/h3-9H,10H2,1-2H3. The van der Waals surface area contributed by atoms with Crippen molar-refractivity contribution in [1.82, 2.24) is 0 Å². The maximum atomic E-state index is 11.7. The number of aryl methyl sites for hydroxylation is 2. The van der Waals surface area contributed by atoms with Crippen LogP contribution in [0.5, 0.6) is 11.5 Å². The van der Waals surface area contributed by atoms with Gasteiger partial charge in [-0.25, -0.2) is 4.79 Å². The molecule has 20 heavy (non-hydrogen) atoms. The lowest BCUT2D eigenvalue weighted by atomic mass is 10.1. The summed E-state index contributed by atoms with van der Waals surface area (Å²) < 4.78 is 11.7. The first-order valence-corrected chi connectivity index (χ1v) is 7.01. The molecule has 3 nitrogen and oxygen atoms in total. The van der Waals surface area contributed by atoms with E-state index in [1.54, 1.807) is 12.1 Å². The minimum absolute atomic E-state index is 0.113. The van der Waals surface area contributed by atoms with E-state index in [1.807, 2.05) is 44.2 Å². The predicted molar refractivity (Wildman–Crippen MR) is 81.2 cm³/mol. The molecule has 0 aliphatic heterocycles. The minimum Gasteiger partial charge on any atom is -0.481 e. The van der Waals surface area contributed by atoms with Crippen molar-refractivity contribution in [2.24, 2.45) is 0 Å².